The molecule has 0 radical (unpaired) electrons. The van der Waals surface area contributed by atoms with Crippen molar-refractivity contribution in [3.63, 3.8) is 0 Å². The summed E-state index contributed by atoms with van der Waals surface area (Å²) in [5, 5.41) is 3.36. The number of rotatable bonds is 4. The predicted molar refractivity (Wildman–Crippen MR) is 108 cm³/mol. The highest BCUT2D eigenvalue weighted by molar-refractivity contribution is 7.89. The SMILES string of the molecule is Cc1ccc(S(=O)(=O)N2CCC(C)CC2)cc1C(=O)Nc1ccc(Cl)cc1. The highest BCUT2D eigenvalue weighted by atomic mass is 35.5. The first-order chi connectivity index (χ1) is 12.8. The Hall–Kier alpha value is -1.89. The fraction of sp³-hybridized carbons (Fsp3) is 0.350. The Morgan fingerprint density at radius 1 is 1.11 bits per heavy atom. The average molecular weight is 407 g/mol. The van der Waals surface area contributed by atoms with E-state index in [1.165, 1.54) is 10.4 Å². The Balaban J connectivity index is 1.85. The molecule has 0 aromatic heterocycles. The van der Waals surface area contributed by atoms with Crippen molar-refractivity contribution in [3.05, 3.63) is 58.6 Å². The van der Waals surface area contributed by atoms with Crippen LogP contribution in [0.4, 0.5) is 5.69 Å². The van der Waals surface area contributed by atoms with E-state index < -0.39 is 10.0 Å². The lowest BCUT2D eigenvalue weighted by atomic mass is 10.0. The second-order valence-electron chi connectivity index (χ2n) is 7.02. The van der Waals surface area contributed by atoms with Gasteiger partial charge in [-0.05, 0) is 67.6 Å². The van der Waals surface area contributed by atoms with E-state index >= 15 is 0 Å². The maximum atomic E-state index is 13.0. The van der Waals surface area contributed by atoms with E-state index in [4.69, 9.17) is 11.6 Å². The molecule has 1 aliphatic rings. The molecule has 1 amide bonds. The van der Waals surface area contributed by atoms with Gasteiger partial charge >= 0.3 is 0 Å². The monoisotopic (exact) mass is 406 g/mol. The molecular weight excluding hydrogens is 384 g/mol. The van der Waals surface area contributed by atoms with Crippen LogP contribution in [0.1, 0.15) is 35.7 Å². The molecule has 0 saturated carbocycles. The van der Waals surface area contributed by atoms with Gasteiger partial charge in [-0.25, -0.2) is 8.42 Å². The number of benzene rings is 2. The number of anilines is 1. The van der Waals surface area contributed by atoms with Gasteiger partial charge in [0.2, 0.25) is 10.0 Å². The summed E-state index contributed by atoms with van der Waals surface area (Å²) >= 11 is 5.86. The van der Waals surface area contributed by atoms with E-state index in [0.717, 1.165) is 12.8 Å². The topological polar surface area (TPSA) is 66.5 Å². The van der Waals surface area contributed by atoms with Gasteiger partial charge in [-0.2, -0.15) is 4.31 Å². The minimum atomic E-state index is -3.60. The van der Waals surface area contributed by atoms with Crippen LogP contribution in [0.15, 0.2) is 47.4 Å². The summed E-state index contributed by atoms with van der Waals surface area (Å²) in [7, 11) is -3.60. The van der Waals surface area contributed by atoms with E-state index in [2.05, 4.69) is 12.2 Å². The third-order valence-electron chi connectivity index (χ3n) is 4.94. The van der Waals surface area contributed by atoms with E-state index in [1.54, 1.807) is 43.3 Å². The van der Waals surface area contributed by atoms with E-state index in [-0.39, 0.29) is 10.8 Å². The van der Waals surface area contributed by atoms with Gasteiger partial charge in [0.05, 0.1) is 4.90 Å². The molecule has 2 aromatic rings. The number of sulfonamides is 1. The molecular formula is C20H23ClN2O3S. The fourth-order valence-electron chi connectivity index (χ4n) is 3.11. The molecule has 3 rings (SSSR count). The number of nitrogens with one attached hydrogen (secondary N) is 1. The van der Waals surface area contributed by atoms with Crippen LogP contribution in [0, 0.1) is 12.8 Å². The van der Waals surface area contributed by atoms with Gasteiger partial charge in [-0.3, -0.25) is 4.79 Å². The maximum absolute atomic E-state index is 13.0. The molecule has 2 aromatic carbocycles. The normalized spacial score (nSPS) is 16.3. The van der Waals surface area contributed by atoms with Crippen LogP contribution in [0.5, 0.6) is 0 Å². The van der Waals surface area contributed by atoms with Crippen molar-refractivity contribution in [1.82, 2.24) is 4.31 Å². The first-order valence-corrected chi connectivity index (χ1v) is 10.8. The van der Waals surface area contributed by atoms with Crippen LogP contribution in [0.2, 0.25) is 5.02 Å². The molecule has 1 aliphatic heterocycles. The predicted octanol–water partition coefficient (Wildman–Crippen LogP) is 4.32. The molecule has 0 aliphatic carbocycles. The van der Waals surface area contributed by atoms with Gasteiger partial charge in [-0.1, -0.05) is 24.6 Å². The summed E-state index contributed by atoms with van der Waals surface area (Å²) < 4.78 is 27.4. The van der Waals surface area contributed by atoms with Crippen LogP contribution in [-0.4, -0.2) is 31.7 Å². The molecule has 144 valence electrons. The lowest BCUT2D eigenvalue weighted by molar-refractivity contribution is 0.102. The standard InChI is InChI=1S/C20H23ClN2O3S/c1-14-9-11-23(12-10-14)27(25,26)18-8-3-15(2)19(13-18)20(24)22-17-6-4-16(21)5-7-17/h3-8,13-14H,9-12H2,1-2H3,(H,22,24). The van der Waals surface area contributed by atoms with Gasteiger partial charge in [0.15, 0.2) is 0 Å². The van der Waals surface area contributed by atoms with Gasteiger partial charge in [-0.15, -0.1) is 0 Å². The van der Waals surface area contributed by atoms with E-state index in [9.17, 15) is 13.2 Å². The fourth-order valence-corrected chi connectivity index (χ4v) is 4.73. The molecule has 27 heavy (non-hydrogen) atoms. The number of hydrogen-bond acceptors (Lipinski definition) is 3. The molecule has 1 N–H and O–H groups in total. The van der Waals surface area contributed by atoms with Crippen LogP contribution < -0.4 is 5.32 Å². The lowest BCUT2D eigenvalue weighted by Crippen LogP contribution is -2.38. The number of piperidine rings is 1. The molecule has 5 nitrogen and oxygen atoms in total. The number of aryl methyl sites for hydroxylation is 1. The zero-order valence-corrected chi connectivity index (χ0v) is 17.0. The Labute approximate surface area is 165 Å². The van der Waals surface area contributed by atoms with Crippen molar-refractivity contribution in [2.75, 3.05) is 18.4 Å². The van der Waals surface area contributed by atoms with Gasteiger partial charge in [0, 0.05) is 29.4 Å². The first kappa shape index (κ1) is 19.9. The minimum Gasteiger partial charge on any atom is -0.322 e. The second kappa shape index (κ2) is 8.00. The average Bonchev–Trinajstić information content (AvgIpc) is 2.64. The molecule has 0 atom stereocenters. The second-order valence-corrected chi connectivity index (χ2v) is 9.40. The maximum Gasteiger partial charge on any atom is 0.255 e. The van der Waals surface area contributed by atoms with Crippen LogP contribution in [-0.2, 0) is 10.0 Å². The highest BCUT2D eigenvalue weighted by Crippen LogP contribution is 2.25. The van der Waals surface area contributed by atoms with Crippen molar-refractivity contribution in [2.24, 2.45) is 5.92 Å². The quantitative estimate of drug-likeness (QED) is 0.822. The minimum absolute atomic E-state index is 0.156. The van der Waals surface area contributed by atoms with Crippen molar-refractivity contribution >= 4 is 33.2 Å². The molecule has 1 heterocycles. The number of hydrogen-bond donors (Lipinski definition) is 1. The zero-order chi connectivity index (χ0) is 19.6. The summed E-state index contributed by atoms with van der Waals surface area (Å²) in [6.07, 6.45) is 1.71. The van der Waals surface area contributed by atoms with Crippen molar-refractivity contribution in [2.45, 2.75) is 31.6 Å². The molecule has 0 unspecified atom stereocenters. The molecule has 7 heteroatoms. The largest absolute Gasteiger partial charge is 0.322 e. The summed E-state index contributed by atoms with van der Waals surface area (Å²) in [6, 6.07) is 11.5. The van der Waals surface area contributed by atoms with Crippen LogP contribution in [0.3, 0.4) is 0 Å². The van der Waals surface area contributed by atoms with Gasteiger partial charge in [0.1, 0.15) is 0 Å². The van der Waals surface area contributed by atoms with E-state index in [0.29, 0.717) is 40.8 Å². The van der Waals surface area contributed by atoms with Crippen molar-refractivity contribution < 1.29 is 13.2 Å². The first-order valence-electron chi connectivity index (χ1n) is 8.95. The number of carbonyl (C=O) groups is 1. The molecule has 0 bridgehead atoms. The summed E-state index contributed by atoms with van der Waals surface area (Å²) in [4.78, 5) is 12.8. The summed E-state index contributed by atoms with van der Waals surface area (Å²) in [5.41, 5.74) is 1.66. The van der Waals surface area contributed by atoms with E-state index in [1.807, 2.05) is 0 Å². The molecule has 1 saturated heterocycles. The Morgan fingerprint density at radius 2 is 1.74 bits per heavy atom. The van der Waals surface area contributed by atoms with Crippen molar-refractivity contribution in [3.8, 4) is 0 Å². The van der Waals surface area contributed by atoms with Crippen LogP contribution in [0.25, 0.3) is 0 Å². The third-order valence-corrected chi connectivity index (χ3v) is 7.08. The summed E-state index contributed by atoms with van der Waals surface area (Å²) in [5.74, 6) is 0.189. The Morgan fingerprint density at radius 3 is 2.37 bits per heavy atom. The van der Waals surface area contributed by atoms with Crippen LogP contribution >= 0.6 is 11.6 Å². The smallest absolute Gasteiger partial charge is 0.255 e. The Bertz CT molecular complexity index is 934. The Kier molecular flexibility index (Phi) is 5.89. The number of carbonyl (C=O) groups excluding carboxylic acids is 1. The molecule has 0 spiro atoms. The molecule has 1 fully saturated rings. The number of amides is 1. The van der Waals surface area contributed by atoms with Crippen molar-refractivity contribution in [1.29, 1.82) is 0 Å². The number of halogens is 1. The lowest BCUT2D eigenvalue weighted by Gasteiger charge is -2.29. The third kappa shape index (κ3) is 4.51. The van der Waals surface area contributed by atoms with Gasteiger partial charge < -0.3 is 5.32 Å². The van der Waals surface area contributed by atoms with Gasteiger partial charge in [0.25, 0.3) is 5.91 Å². The highest BCUT2D eigenvalue weighted by Gasteiger charge is 2.28. The summed E-state index contributed by atoms with van der Waals surface area (Å²) in [6.45, 7) is 4.96. The zero-order valence-electron chi connectivity index (χ0n) is 15.4. The number of nitrogens with zero attached hydrogens (tertiary/aromatic N) is 1.